The molecule has 0 saturated heterocycles. The highest BCUT2D eigenvalue weighted by Crippen LogP contribution is 2.18. The van der Waals surface area contributed by atoms with Crippen molar-refractivity contribution in [1.29, 1.82) is 5.41 Å². The maximum absolute atomic E-state index is 10.8. The van der Waals surface area contributed by atoms with Gasteiger partial charge in [0.1, 0.15) is 5.65 Å². The first-order valence-electron chi connectivity index (χ1n) is 5.05. The smallest absolute Gasteiger partial charge is 0.166 e. The van der Waals surface area contributed by atoms with Gasteiger partial charge in [0, 0.05) is 30.4 Å². The van der Waals surface area contributed by atoms with Crippen LogP contribution in [0.4, 0.5) is 0 Å². The molecule has 2 aromatic rings. The molecular weight excluding hydrogens is 216 g/mol. The number of aryl methyl sites for hydroxylation is 1. The van der Waals surface area contributed by atoms with E-state index >= 15 is 0 Å². The third kappa shape index (κ3) is 1.71. The predicted octanol–water partition coefficient (Wildman–Crippen LogP) is 1.33. The Labute approximate surface area is 98.1 Å². The minimum atomic E-state index is 0.542. The van der Waals surface area contributed by atoms with Gasteiger partial charge in [-0.2, -0.15) is 0 Å². The standard InChI is InChI=1S/C12H12N4O/c1-16-10(7-17)4-8-2-3-11(15-12(8)16)9(5-13)6-14/h2-7,13H,14H2,1H3/b9-6+,13-5?. The largest absolute Gasteiger partial charge is 0.404 e. The lowest BCUT2D eigenvalue weighted by Gasteiger charge is -2.02. The number of hydrogen-bond donors (Lipinski definition) is 2. The summed E-state index contributed by atoms with van der Waals surface area (Å²) in [6.45, 7) is 0. The van der Waals surface area contributed by atoms with Gasteiger partial charge in [0.05, 0.1) is 11.4 Å². The lowest BCUT2D eigenvalue weighted by Crippen LogP contribution is -1.98. The first kappa shape index (κ1) is 11.1. The molecule has 5 heteroatoms. The minimum absolute atomic E-state index is 0.542. The molecule has 0 aromatic carbocycles. The summed E-state index contributed by atoms with van der Waals surface area (Å²) in [5.74, 6) is 0. The summed E-state index contributed by atoms with van der Waals surface area (Å²) in [6, 6.07) is 5.41. The molecule has 2 aromatic heterocycles. The molecule has 0 aliphatic rings. The summed E-state index contributed by atoms with van der Waals surface area (Å²) in [4.78, 5) is 15.2. The Bertz CT molecular complexity index is 625. The van der Waals surface area contributed by atoms with Crippen LogP contribution in [0.2, 0.25) is 0 Å². The van der Waals surface area contributed by atoms with E-state index in [1.165, 1.54) is 6.20 Å². The molecule has 2 heterocycles. The van der Waals surface area contributed by atoms with Gasteiger partial charge < -0.3 is 15.7 Å². The zero-order chi connectivity index (χ0) is 12.4. The van der Waals surface area contributed by atoms with Crippen molar-refractivity contribution in [3.8, 4) is 0 Å². The van der Waals surface area contributed by atoms with E-state index in [0.29, 0.717) is 22.6 Å². The van der Waals surface area contributed by atoms with E-state index in [4.69, 9.17) is 11.1 Å². The number of aldehydes is 1. The van der Waals surface area contributed by atoms with E-state index in [-0.39, 0.29) is 0 Å². The monoisotopic (exact) mass is 228 g/mol. The van der Waals surface area contributed by atoms with E-state index < -0.39 is 0 Å². The van der Waals surface area contributed by atoms with E-state index in [1.807, 2.05) is 6.07 Å². The Balaban J connectivity index is 2.68. The number of allylic oxidation sites excluding steroid dienone is 1. The highest BCUT2D eigenvalue weighted by Gasteiger charge is 2.08. The van der Waals surface area contributed by atoms with Crippen LogP contribution in [0, 0.1) is 5.41 Å². The Kier molecular flexibility index (Phi) is 2.74. The Morgan fingerprint density at radius 2 is 2.29 bits per heavy atom. The second-order valence-electron chi connectivity index (χ2n) is 3.62. The minimum Gasteiger partial charge on any atom is -0.404 e. The van der Waals surface area contributed by atoms with Crippen LogP contribution in [0.5, 0.6) is 0 Å². The zero-order valence-electron chi connectivity index (χ0n) is 9.34. The SMILES string of the molecule is Cn1c(C=O)cc2ccc(/C(C=N)=C/N)nc21. The molecule has 0 aliphatic heterocycles. The van der Waals surface area contributed by atoms with Gasteiger partial charge in [0.25, 0.3) is 0 Å². The number of aromatic nitrogens is 2. The number of nitrogens with one attached hydrogen (secondary N) is 1. The van der Waals surface area contributed by atoms with Gasteiger partial charge in [-0.25, -0.2) is 4.98 Å². The molecule has 0 unspecified atom stereocenters. The third-order valence-corrected chi connectivity index (χ3v) is 2.67. The maximum Gasteiger partial charge on any atom is 0.166 e. The van der Waals surface area contributed by atoms with Gasteiger partial charge in [-0.3, -0.25) is 4.79 Å². The Morgan fingerprint density at radius 3 is 2.88 bits per heavy atom. The number of rotatable bonds is 3. The van der Waals surface area contributed by atoms with Crippen molar-refractivity contribution in [3.63, 3.8) is 0 Å². The zero-order valence-corrected chi connectivity index (χ0v) is 9.34. The fourth-order valence-electron chi connectivity index (χ4n) is 1.70. The van der Waals surface area contributed by atoms with Crippen LogP contribution in [0.15, 0.2) is 24.4 Å². The van der Waals surface area contributed by atoms with Crippen molar-refractivity contribution in [2.24, 2.45) is 12.8 Å². The normalized spacial score (nSPS) is 11.7. The van der Waals surface area contributed by atoms with Crippen LogP contribution in [-0.2, 0) is 7.05 Å². The van der Waals surface area contributed by atoms with Gasteiger partial charge in [-0.1, -0.05) is 0 Å². The average molecular weight is 228 g/mol. The van der Waals surface area contributed by atoms with Crippen LogP contribution in [0.1, 0.15) is 16.2 Å². The number of carbonyl (C=O) groups is 1. The van der Waals surface area contributed by atoms with E-state index in [1.54, 1.807) is 23.7 Å². The highest BCUT2D eigenvalue weighted by molar-refractivity contribution is 6.07. The summed E-state index contributed by atoms with van der Waals surface area (Å²) >= 11 is 0. The molecule has 5 nitrogen and oxygen atoms in total. The summed E-state index contributed by atoms with van der Waals surface area (Å²) < 4.78 is 1.71. The summed E-state index contributed by atoms with van der Waals surface area (Å²) in [6.07, 6.45) is 3.28. The number of fused-ring (bicyclic) bond motifs is 1. The average Bonchev–Trinajstić information content (AvgIpc) is 2.68. The van der Waals surface area contributed by atoms with Crippen molar-refractivity contribution in [1.82, 2.24) is 9.55 Å². The first-order valence-corrected chi connectivity index (χ1v) is 5.05. The summed E-state index contributed by atoms with van der Waals surface area (Å²) in [5.41, 5.74) is 7.84. The van der Waals surface area contributed by atoms with Gasteiger partial charge in [0.2, 0.25) is 0 Å². The van der Waals surface area contributed by atoms with Gasteiger partial charge >= 0.3 is 0 Å². The number of nitrogens with two attached hydrogens (primary N) is 1. The highest BCUT2D eigenvalue weighted by atomic mass is 16.1. The summed E-state index contributed by atoms with van der Waals surface area (Å²) in [7, 11) is 1.78. The molecule has 0 spiro atoms. The molecule has 0 atom stereocenters. The molecule has 0 aliphatic carbocycles. The van der Waals surface area contributed by atoms with Crippen LogP contribution < -0.4 is 5.73 Å². The molecule has 0 saturated carbocycles. The molecular formula is C12H12N4O. The molecule has 0 radical (unpaired) electrons. The second kappa shape index (κ2) is 4.21. The van der Waals surface area contributed by atoms with Crippen molar-refractivity contribution < 1.29 is 4.79 Å². The predicted molar refractivity (Wildman–Crippen MR) is 67.0 cm³/mol. The van der Waals surface area contributed by atoms with Crippen LogP contribution in [-0.4, -0.2) is 22.1 Å². The van der Waals surface area contributed by atoms with Crippen molar-refractivity contribution in [3.05, 3.63) is 35.8 Å². The summed E-state index contributed by atoms with van der Waals surface area (Å²) in [5, 5.41) is 8.11. The number of hydrogen-bond acceptors (Lipinski definition) is 4. The van der Waals surface area contributed by atoms with E-state index in [2.05, 4.69) is 4.98 Å². The Morgan fingerprint density at radius 1 is 1.53 bits per heavy atom. The molecule has 0 amide bonds. The second-order valence-corrected chi connectivity index (χ2v) is 3.62. The number of carbonyl (C=O) groups excluding carboxylic acids is 1. The lowest BCUT2D eigenvalue weighted by atomic mass is 10.2. The molecule has 2 rings (SSSR count). The molecule has 3 N–H and O–H groups in total. The first-order chi connectivity index (χ1) is 8.21. The topological polar surface area (TPSA) is 84.8 Å². The fourth-order valence-corrected chi connectivity index (χ4v) is 1.70. The van der Waals surface area contributed by atoms with Crippen LogP contribution in [0.25, 0.3) is 16.6 Å². The van der Waals surface area contributed by atoms with Crippen LogP contribution in [0.3, 0.4) is 0 Å². The molecule has 0 bridgehead atoms. The van der Waals surface area contributed by atoms with E-state index in [0.717, 1.165) is 17.9 Å². The quantitative estimate of drug-likeness (QED) is 0.614. The number of pyridine rings is 1. The van der Waals surface area contributed by atoms with Crippen LogP contribution >= 0.6 is 0 Å². The van der Waals surface area contributed by atoms with Gasteiger partial charge in [-0.15, -0.1) is 0 Å². The van der Waals surface area contributed by atoms with Gasteiger partial charge in [-0.05, 0) is 18.2 Å². The number of nitrogens with zero attached hydrogens (tertiary/aromatic N) is 2. The molecule has 17 heavy (non-hydrogen) atoms. The Hall–Kier alpha value is -2.43. The fraction of sp³-hybridized carbons (Fsp3) is 0.0833. The van der Waals surface area contributed by atoms with Crippen molar-refractivity contribution in [2.75, 3.05) is 0 Å². The van der Waals surface area contributed by atoms with Crippen molar-refractivity contribution in [2.45, 2.75) is 0 Å². The third-order valence-electron chi connectivity index (χ3n) is 2.67. The van der Waals surface area contributed by atoms with E-state index in [9.17, 15) is 4.79 Å². The maximum atomic E-state index is 10.8. The van der Waals surface area contributed by atoms with Gasteiger partial charge in [0.15, 0.2) is 6.29 Å². The molecule has 0 fully saturated rings. The molecule has 86 valence electrons. The van der Waals surface area contributed by atoms with Crippen molar-refractivity contribution >= 4 is 29.1 Å². The lowest BCUT2D eigenvalue weighted by molar-refractivity contribution is 0.111.